The van der Waals surface area contributed by atoms with Crippen LogP contribution in [0.4, 0.5) is 0 Å². The molecule has 2 heteroatoms. The van der Waals surface area contributed by atoms with Gasteiger partial charge in [0.1, 0.15) is 0 Å². The molecule has 0 aliphatic rings. The third-order valence-electron chi connectivity index (χ3n) is 3.30. The normalized spacial score (nSPS) is 11.5. The lowest BCUT2D eigenvalue weighted by Gasteiger charge is -2.09. The van der Waals surface area contributed by atoms with E-state index < -0.39 is 0 Å². The lowest BCUT2D eigenvalue weighted by molar-refractivity contribution is 0.297. The van der Waals surface area contributed by atoms with E-state index >= 15 is 0 Å². The average molecular weight is 253 g/mol. The molecule has 1 aromatic carbocycles. The van der Waals surface area contributed by atoms with Crippen LogP contribution in [0.15, 0.2) is 42.2 Å². The van der Waals surface area contributed by atoms with E-state index in [4.69, 9.17) is 9.72 Å². The van der Waals surface area contributed by atoms with Crippen LogP contribution in [0.5, 0.6) is 0 Å². The highest BCUT2D eigenvalue weighted by atomic mass is 16.5. The van der Waals surface area contributed by atoms with E-state index in [1.54, 1.807) is 7.11 Å². The Balaban J connectivity index is 2.54. The maximum Gasteiger partial charge on any atom is 0.0946 e. The zero-order chi connectivity index (χ0) is 13.8. The smallest absolute Gasteiger partial charge is 0.0946 e. The van der Waals surface area contributed by atoms with Crippen LogP contribution in [-0.2, 0) is 4.74 Å². The van der Waals surface area contributed by atoms with Crippen molar-refractivity contribution in [2.24, 2.45) is 0 Å². The van der Waals surface area contributed by atoms with Gasteiger partial charge in [-0.3, -0.25) is 0 Å². The highest BCUT2D eigenvalue weighted by Crippen LogP contribution is 2.23. The van der Waals surface area contributed by atoms with Gasteiger partial charge in [0, 0.05) is 11.6 Å². The number of allylic oxidation sites excluding steroid dienone is 1. The molecule has 0 aliphatic carbocycles. The molecule has 0 amide bonds. The lowest BCUT2D eigenvalue weighted by atomic mass is 10.0. The standard InChI is InChI=1S/C17H19NO/c1-12-10-17(15-8-6-5-7-9-15)18-16(14(12)3)11-13(2)19-4/h5-11H,1-4H3. The van der Waals surface area contributed by atoms with Crippen molar-refractivity contribution >= 4 is 6.08 Å². The SMILES string of the molecule is COC(C)=Cc1nc(-c2ccccc2)cc(C)c1C. The minimum absolute atomic E-state index is 0.861. The molecule has 0 atom stereocenters. The van der Waals surface area contributed by atoms with E-state index in [-0.39, 0.29) is 0 Å². The fourth-order valence-corrected chi connectivity index (χ4v) is 1.91. The molecule has 2 nitrogen and oxygen atoms in total. The Bertz CT molecular complexity index is 600. The first kappa shape index (κ1) is 13.3. The molecule has 0 fully saturated rings. The summed E-state index contributed by atoms with van der Waals surface area (Å²) >= 11 is 0. The van der Waals surface area contributed by atoms with Gasteiger partial charge >= 0.3 is 0 Å². The molecular weight excluding hydrogens is 234 g/mol. The number of hydrogen-bond donors (Lipinski definition) is 0. The molecule has 0 saturated carbocycles. The second-order valence-electron chi connectivity index (χ2n) is 4.66. The van der Waals surface area contributed by atoms with Gasteiger partial charge in [0.2, 0.25) is 0 Å². The molecule has 1 aromatic heterocycles. The van der Waals surface area contributed by atoms with Crippen LogP contribution >= 0.6 is 0 Å². The Labute approximate surface area is 114 Å². The molecule has 1 heterocycles. The van der Waals surface area contributed by atoms with Gasteiger partial charge in [0.05, 0.1) is 24.3 Å². The van der Waals surface area contributed by atoms with Gasteiger partial charge in [0.15, 0.2) is 0 Å². The van der Waals surface area contributed by atoms with Crippen LogP contribution in [-0.4, -0.2) is 12.1 Å². The Morgan fingerprint density at radius 2 is 1.84 bits per heavy atom. The summed E-state index contributed by atoms with van der Waals surface area (Å²) in [4.78, 5) is 4.73. The van der Waals surface area contributed by atoms with Crippen molar-refractivity contribution in [1.82, 2.24) is 4.98 Å². The summed E-state index contributed by atoms with van der Waals surface area (Å²) in [6, 6.07) is 12.4. The maximum atomic E-state index is 5.22. The van der Waals surface area contributed by atoms with Crippen LogP contribution < -0.4 is 0 Å². The number of methoxy groups -OCH3 is 1. The number of nitrogens with zero attached hydrogens (tertiary/aromatic N) is 1. The summed E-state index contributed by atoms with van der Waals surface area (Å²) in [6.07, 6.45) is 1.98. The van der Waals surface area contributed by atoms with Crippen molar-refractivity contribution in [3.05, 3.63) is 59.0 Å². The first-order chi connectivity index (χ1) is 9.11. The Kier molecular flexibility index (Phi) is 4.00. The number of ether oxygens (including phenoxy) is 1. The van der Waals surface area contributed by atoms with Gasteiger partial charge in [-0.25, -0.2) is 4.98 Å². The Morgan fingerprint density at radius 1 is 1.16 bits per heavy atom. The fourth-order valence-electron chi connectivity index (χ4n) is 1.91. The van der Waals surface area contributed by atoms with Gasteiger partial charge in [-0.05, 0) is 38.0 Å². The average Bonchev–Trinajstić information content (AvgIpc) is 2.44. The van der Waals surface area contributed by atoms with Gasteiger partial charge in [0.25, 0.3) is 0 Å². The predicted molar refractivity (Wildman–Crippen MR) is 79.8 cm³/mol. The largest absolute Gasteiger partial charge is 0.501 e. The lowest BCUT2D eigenvalue weighted by Crippen LogP contribution is -1.95. The van der Waals surface area contributed by atoms with E-state index in [1.165, 1.54) is 11.1 Å². The van der Waals surface area contributed by atoms with Crippen molar-refractivity contribution in [3.8, 4) is 11.3 Å². The van der Waals surface area contributed by atoms with Gasteiger partial charge in [-0.2, -0.15) is 0 Å². The second kappa shape index (κ2) is 5.70. The van der Waals surface area contributed by atoms with Crippen molar-refractivity contribution < 1.29 is 4.74 Å². The molecular formula is C17H19NO. The molecule has 0 spiro atoms. The molecule has 2 rings (SSSR count). The number of rotatable bonds is 3. The van der Waals surface area contributed by atoms with Crippen molar-refractivity contribution in [1.29, 1.82) is 0 Å². The first-order valence-corrected chi connectivity index (χ1v) is 6.37. The molecule has 0 saturated heterocycles. The summed E-state index contributed by atoms with van der Waals surface area (Å²) in [5, 5.41) is 0. The molecule has 19 heavy (non-hydrogen) atoms. The maximum absolute atomic E-state index is 5.22. The Hall–Kier alpha value is -2.09. The Morgan fingerprint density at radius 3 is 2.47 bits per heavy atom. The molecule has 0 bridgehead atoms. The van der Waals surface area contributed by atoms with Gasteiger partial charge < -0.3 is 4.74 Å². The zero-order valence-corrected chi connectivity index (χ0v) is 11.9. The van der Waals surface area contributed by atoms with E-state index in [1.807, 2.05) is 31.2 Å². The van der Waals surface area contributed by atoms with E-state index in [2.05, 4.69) is 32.0 Å². The van der Waals surface area contributed by atoms with Crippen molar-refractivity contribution in [3.63, 3.8) is 0 Å². The van der Waals surface area contributed by atoms with Crippen molar-refractivity contribution in [2.75, 3.05) is 7.11 Å². The summed E-state index contributed by atoms with van der Waals surface area (Å²) in [5.41, 5.74) is 5.53. The topological polar surface area (TPSA) is 22.1 Å². The molecule has 0 radical (unpaired) electrons. The number of pyridine rings is 1. The van der Waals surface area contributed by atoms with Crippen LogP contribution in [0.1, 0.15) is 23.7 Å². The monoisotopic (exact) mass is 253 g/mol. The molecule has 0 N–H and O–H groups in total. The third-order valence-corrected chi connectivity index (χ3v) is 3.30. The first-order valence-electron chi connectivity index (χ1n) is 6.37. The summed E-state index contributed by atoms with van der Waals surface area (Å²) in [5.74, 6) is 0.861. The summed E-state index contributed by atoms with van der Waals surface area (Å²) < 4.78 is 5.22. The number of hydrogen-bond acceptors (Lipinski definition) is 2. The van der Waals surface area contributed by atoms with Crippen LogP contribution in [0.25, 0.3) is 17.3 Å². The van der Waals surface area contributed by atoms with Gasteiger partial charge in [-0.15, -0.1) is 0 Å². The zero-order valence-electron chi connectivity index (χ0n) is 11.9. The van der Waals surface area contributed by atoms with Gasteiger partial charge in [-0.1, -0.05) is 30.3 Å². The number of aromatic nitrogens is 1. The van der Waals surface area contributed by atoms with E-state index in [0.29, 0.717) is 0 Å². The van der Waals surface area contributed by atoms with E-state index in [0.717, 1.165) is 22.7 Å². The predicted octanol–water partition coefficient (Wildman–Crippen LogP) is 4.37. The highest BCUT2D eigenvalue weighted by Gasteiger charge is 2.06. The van der Waals surface area contributed by atoms with E-state index in [9.17, 15) is 0 Å². The summed E-state index contributed by atoms with van der Waals surface area (Å²) in [6.45, 7) is 6.14. The number of aryl methyl sites for hydroxylation is 1. The van der Waals surface area contributed by atoms with Crippen LogP contribution in [0, 0.1) is 13.8 Å². The second-order valence-corrected chi connectivity index (χ2v) is 4.66. The number of benzene rings is 1. The molecule has 0 unspecified atom stereocenters. The minimum atomic E-state index is 0.861. The van der Waals surface area contributed by atoms with Crippen LogP contribution in [0.2, 0.25) is 0 Å². The summed E-state index contributed by atoms with van der Waals surface area (Å²) in [7, 11) is 1.68. The van der Waals surface area contributed by atoms with Crippen LogP contribution in [0.3, 0.4) is 0 Å². The highest BCUT2D eigenvalue weighted by molar-refractivity contribution is 5.64. The fraction of sp³-hybridized carbons (Fsp3) is 0.235. The third kappa shape index (κ3) is 3.02. The molecule has 98 valence electrons. The molecule has 2 aromatic rings. The molecule has 0 aliphatic heterocycles. The quantitative estimate of drug-likeness (QED) is 0.758. The minimum Gasteiger partial charge on any atom is -0.501 e. The van der Waals surface area contributed by atoms with Crippen molar-refractivity contribution in [2.45, 2.75) is 20.8 Å².